The van der Waals surface area contributed by atoms with Crippen molar-refractivity contribution in [1.82, 2.24) is 5.32 Å². The minimum atomic E-state index is -2.08. The number of aryl methyl sites for hydroxylation is 2. The molecule has 0 saturated carbocycles. The van der Waals surface area contributed by atoms with Gasteiger partial charge in [-0.15, -0.1) is 0 Å². The Balaban J connectivity index is 1.86. The lowest BCUT2D eigenvalue weighted by atomic mass is 10.1. The van der Waals surface area contributed by atoms with E-state index < -0.39 is 36.0 Å². The molecule has 3 rings (SSSR count). The Bertz CT molecular complexity index is 1220. The molecule has 0 spiro atoms. The second kappa shape index (κ2) is 11.6. The van der Waals surface area contributed by atoms with Gasteiger partial charge in [0.2, 0.25) is 12.2 Å². The van der Waals surface area contributed by atoms with Gasteiger partial charge in [0.25, 0.3) is 5.91 Å². The fraction of sp³-hybridized carbons (Fsp3) is 0.185. The number of carbonyl (C=O) groups excluding carboxylic acids is 3. The van der Waals surface area contributed by atoms with Gasteiger partial charge in [0, 0.05) is 6.54 Å². The molecule has 0 aliphatic rings. The van der Waals surface area contributed by atoms with Gasteiger partial charge in [-0.1, -0.05) is 65.7 Å². The van der Waals surface area contributed by atoms with Crippen LogP contribution in [0, 0.1) is 13.8 Å². The fourth-order valence-corrected chi connectivity index (χ4v) is 3.29. The standard InChI is InChI=1S/C27H25NO7/c1-17-8-6-12-20(14-17)26(32)34-22(24(29)28-16-19-10-4-3-5-11-19)23(25(30)31)35-27(33)21-13-7-9-18(2)15-21/h3-15,22-23H,16H2,1-2H3,(H,28,29)(H,30,31)/t22-,23-/m0/s1. The molecule has 0 radical (unpaired) electrons. The maximum absolute atomic E-state index is 13.0. The molecular formula is C27H25NO7. The summed E-state index contributed by atoms with van der Waals surface area (Å²) in [6.45, 7) is 3.58. The molecule has 3 aromatic carbocycles. The van der Waals surface area contributed by atoms with Crippen molar-refractivity contribution in [2.45, 2.75) is 32.6 Å². The quantitative estimate of drug-likeness (QED) is 0.455. The molecule has 8 heteroatoms. The van der Waals surface area contributed by atoms with E-state index in [1.807, 2.05) is 6.07 Å². The Kier molecular flexibility index (Phi) is 8.34. The van der Waals surface area contributed by atoms with Crippen LogP contribution in [0.25, 0.3) is 0 Å². The zero-order valence-electron chi connectivity index (χ0n) is 19.3. The van der Waals surface area contributed by atoms with Gasteiger partial charge in [-0.25, -0.2) is 14.4 Å². The van der Waals surface area contributed by atoms with Crippen LogP contribution in [0.15, 0.2) is 78.9 Å². The molecule has 0 unspecified atom stereocenters. The molecule has 0 bridgehead atoms. The predicted octanol–water partition coefficient (Wildman–Crippen LogP) is 3.46. The molecule has 35 heavy (non-hydrogen) atoms. The summed E-state index contributed by atoms with van der Waals surface area (Å²) in [4.78, 5) is 50.5. The lowest BCUT2D eigenvalue weighted by Crippen LogP contribution is -2.50. The van der Waals surface area contributed by atoms with Crippen molar-refractivity contribution >= 4 is 23.8 Å². The number of carboxylic acids is 1. The van der Waals surface area contributed by atoms with Crippen molar-refractivity contribution in [3.63, 3.8) is 0 Å². The predicted molar refractivity (Wildman–Crippen MR) is 127 cm³/mol. The van der Waals surface area contributed by atoms with Crippen molar-refractivity contribution in [1.29, 1.82) is 0 Å². The molecule has 0 aliphatic carbocycles. The van der Waals surface area contributed by atoms with Crippen LogP contribution >= 0.6 is 0 Å². The Morgan fingerprint density at radius 1 is 0.743 bits per heavy atom. The van der Waals surface area contributed by atoms with E-state index >= 15 is 0 Å². The van der Waals surface area contributed by atoms with E-state index in [0.717, 1.165) is 16.7 Å². The topological polar surface area (TPSA) is 119 Å². The first kappa shape index (κ1) is 25.2. The second-order valence-electron chi connectivity index (χ2n) is 7.93. The lowest BCUT2D eigenvalue weighted by molar-refractivity contribution is -0.159. The van der Waals surface area contributed by atoms with Crippen molar-refractivity contribution in [2.75, 3.05) is 0 Å². The van der Waals surface area contributed by atoms with Gasteiger partial charge in [0.1, 0.15) is 0 Å². The normalized spacial score (nSPS) is 12.2. The van der Waals surface area contributed by atoms with Crippen LogP contribution in [0.4, 0.5) is 0 Å². The zero-order valence-corrected chi connectivity index (χ0v) is 19.3. The summed E-state index contributed by atoms with van der Waals surface area (Å²) >= 11 is 0. The molecule has 1 amide bonds. The Morgan fingerprint density at radius 2 is 1.26 bits per heavy atom. The number of ether oxygens (including phenoxy) is 2. The van der Waals surface area contributed by atoms with Crippen molar-refractivity contribution < 1.29 is 33.8 Å². The molecule has 3 aromatic rings. The largest absolute Gasteiger partial charge is 0.478 e. The highest BCUT2D eigenvalue weighted by molar-refractivity contribution is 5.96. The van der Waals surface area contributed by atoms with Crippen molar-refractivity contribution in [3.05, 3.63) is 107 Å². The number of aliphatic carboxylic acids is 1. The first-order valence-corrected chi connectivity index (χ1v) is 10.8. The van der Waals surface area contributed by atoms with E-state index in [0.29, 0.717) is 0 Å². The number of hydrogen-bond donors (Lipinski definition) is 2. The SMILES string of the molecule is Cc1cccc(C(=O)O[C@H](C(=O)O)[C@H](OC(=O)c2cccc(C)c2)C(=O)NCc2ccccc2)c1. The summed E-state index contributed by atoms with van der Waals surface area (Å²) in [5.41, 5.74) is 2.50. The summed E-state index contributed by atoms with van der Waals surface area (Å²) < 4.78 is 10.5. The minimum absolute atomic E-state index is 0.0519. The first-order valence-electron chi connectivity index (χ1n) is 10.8. The first-order chi connectivity index (χ1) is 16.7. The van der Waals surface area contributed by atoms with Crippen LogP contribution in [-0.2, 0) is 25.6 Å². The summed E-state index contributed by atoms with van der Waals surface area (Å²) in [6.07, 6.45) is -4.01. The highest BCUT2D eigenvalue weighted by Gasteiger charge is 2.40. The molecule has 2 N–H and O–H groups in total. The number of benzene rings is 3. The maximum atomic E-state index is 13.0. The third-order valence-corrected chi connectivity index (χ3v) is 5.06. The third kappa shape index (κ3) is 7.01. The van der Waals surface area contributed by atoms with Crippen LogP contribution in [0.2, 0.25) is 0 Å². The van der Waals surface area contributed by atoms with Gasteiger partial charge in [0.15, 0.2) is 0 Å². The molecule has 8 nitrogen and oxygen atoms in total. The van der Waals surface area contributed by atoms with Crippen molar-refractivity contribution in [2.24, 2.45) is 0 Å². The number of carbonyl (C=O) groups is 4. The number of rotatable bonds is 9. The smallest absolute Gasteiger partial charge is 0.349 e. The van der Waals surface area contributed by atoms with E-state index in [9.17, 15) is 24.3 Å². The summed E-state index contributed by atoms with van der Waals surface area (Å²) in [7, 11) is 0. The van der Waals surface area contributed by atoms with E-state index in [1.165, 1.54) is 24.3 Å². The van der Waals surface area contributed by atoms with Gasteiger partial charge >= 0.3 is 17.9 Å². The fourth-order valence-electron chi connectivity index (χ4n) is 3.29. The number of carboxylic acid groups (broad SMARTS) is 1. The molecular weight excluding hydrogens is 450 g/mol. The third-order valence-electron chi connectivity index (χ3n) is 5.06. The molecule has 180 valence electrons. The van der Waals surface area contributed by atoms with E-state index in [4.69, 9.17) is 9.47 Å². The average molecular weight is 475 g/mol. The highest BCUT2D eigenvalue weighted by atomic mass is 16.6. The van der Waals surface area contributed by atoms with E-state index in [-0.39, 0.29) is 17.7 Å². The maximum Gasteiger partial charge on any atom is 0.349 e. The number of nitrogens with one attached hydrogen (secondary N) is 1. The number of hydrogen-bond acceptors (Lipinski definition) is 6. The minimum Gasteiger partial charge on any atom is -0.478 e. The summed E-state index contributed by atoms with van der Waals surface area (Å²) in [5.74, 6) is -4.44. The number of esters is 2. The van der Waals surface area contributed by atoms with Gasteiger partial charge in [-0.2, -0.15) is 0 Å². The van der Waals surface area contributed by atoms with Crippen LogP contribution in [0.5, 0.6) is 0 Å². The number of amides is 1. The molecule has 2 atom stereocenters. The van der Waals surface area contributed by atoms with E-state index in [2.05, 4.69) is 5.32 Å². The van der Waals surface area contributed by atoms with Crippen LogP contribution in [-0.4, -0.2) is 41.1 Å². The lowest BCUT2D eigenvalue weighted by Gasteiger charge is -2.23. The molecule has 0 saturated heterocycles. The van der Waals surface area contributed by atoms with Gasteiger partial charge < -0.3 is 19.9 Å². The summed E-state index contributed by atoms with van der Waals surface area (Å²) in [5, 5.41) is 12.4. The van der Waals surface area contributed by atoms with Gasteiger partial charge in [0.05, 0.1) is 11.1 Å². The van der Waals surface area contributed by atoms with E-state index in [1.54, 1.807) is 62.4 Å². The Labute approximate surface area is 202 Å². The second-order valence-corrected chi connectivity index (χ2v) is 7.93. The van der Waals surface area contributed by atoms with Crippen molar-refractivity contribution in [3.8, 4) is 0 Å². The van der Waals surface area contributed by atoms with Crippen LogP contribution < -0.4 is 5.32 Å². The zero-order chi connectivity index (χ0) is 25.4. The molecule has 0 heterocycles. The molecule has 0 fully saturated rings. The monoisotopic (exact) mass is 475 g/mol. The van der Waals surface area contributed by atoms with Gasteiger partial charge in [-0.05, 0) is 43.7 Å². The Hall–Kier alpha value is -4.46. The summed E-state index contributed by atoms with van der Waals surface area (Å²) in [6, 6.07) is 21.6. The average Bonchev–Trinajstić information content (AvgIpc) is 2.84. The molecule has 0 aromatic heterocycles. The van der Waals surface area contributed by atoms with Crippen LogP contribution in [0.3, 0.4) is 0 Å². The Morgan fingerprint density at radius 3 is 1.74 bits per heavy atom. The molecule has 0 aliphatic heterocycles. The highest BCUT2D eigenvalue weighted by Crippen LogP contribution is 2.15. The van der Waals surface area contributed by atoms with Crippen LogP contribution in [0.1, 0.15) is 37.4 Å². The van der Waals surface area contributed by atoms with Gasteiger partial charge in [-0.3, -0.25) is 4.79 Å².